The lowest BCUT2D eigenvalue weighted by Gasteiger charge is -2.32. The molecule has 0 fully saturated rings. The van der Waals surface area contributed by atoms with Crippen molar-refractivity contribution in [3.05, 3.63) is 0 Å². The van der Waals surface area contributed by atoms with Crippen molar-refractivity contribution in [2.24, 2.45) is 0 Å². The molecule has 216 valence electrons. The van der Waals surface area contributed by atoms with Gasteiger partial charge < -0.3 is 101 Å². The average Bonchev–Trinajstić information content (AvgIpc) is 2.83. The van der Waals surface area contributed by atoms with Gasteiger partial charge in [-0.3, -0.25) is 0 Å². The summed E-state index contributed by atoms with van der Waals surface area (Å²) in [6.45, 7) is 25.8. The third kappa shape index (κ3) is 14.6. The number of halogens is 3. The first-order valence-electron chi connectivity index (χ1n) is 13.1. The van der Waals surface area contributed by atoms with Crippen molar-refractivity contribution >= 4 is 17.8 Å². The third-order valence-electron chi connectivity index (χ3n) is 8.02. The summed E-state index contributed by atoms with van der Waals surface area (Å²) in [6, 6.07) is 0. The Morgan fingerprint density at radius 3 is 0.806 bits per heavy atom. The molecule has 0 aliphatic carbocycles. The zero-order valence-electron chi connectivity index (χ0n) is 24.3. The van der Waals surface area contributed by atoms with Gasteiger partial charge in [0.15, 0.2) is 0 Å². The fraction of sp³-hybridized carbons (Fsp3) is 0.875. The molecule has 1 aromatic heterocycles. The Labute approximate surface area is 273 Å². The van der Waals surface area contributed by atoms with Gasteiger partial charge in [0.05, 0.1) is 99.7 Å². The molecule has 0 atom stereocenters. The quantitative estimate of drug-likeness (QED) is 0.101. The van der Waals surface area contributed by atoms with Crippen molar-refractivity contribution in [1.82, 2.24) is 15.0 Å². The molecule has 0 aromatic carbocycles. The molecule has 0 amide bonds. The van der Waals surface area contributed by atoms with Crippen LogP contribution in [-0.2, 0) is 0 Å². The second-order valence-corrected chi connectivity index (χ2v) is 10.0. The van der Waals surface area contributed by atoms with Crippen molar-refractivity contribution in [3.8, 4) is 0 Å². The molecular weight excluding hydrogens is 795 g/mol. The Kier molecular flexibility index (Phi) is 23.2. The van der Waals surface area contributed by atoms with E-state index >= 15 is 0 Å². The van der Waals surface area contributed by atoms with Crippen LogP contribution in [0.5, 0.6) is 0 Å². The summed E-state index contributed by atoms with van der Waals surface area (Å²) in [4.78, 5) is 14.0. The Morgan fingerprint density at radius 1 is 0.444 bits per heavy atom. The molecule has 1 heterocycles. The molecule has 1 aromatic rings. The summed E-state index contributed by atoms with van der Waals surface area (Å²) in [7, 11) is 6.88. The molecule has 0 aliphatic rings. The van der Waals surface area contributed by atoms with Gasteiger partial charge in [0.25, 0.3) is 0 Å². The molecule has 3 N–H and O–H groups in total. The minimum absolute atomic E-state index is 0. The summed E-state index contributed by atoms with van der Waals surface area (Å²) in [5.41, 5.74) is 0. The molecule has 0 saturated carbocycles. The zero-order chi connectivity index (χ0) is 25.0. The lowest BCUT2D eigenvalue weighted by atomic mass is 10.4. The zero-order valence-corrected chi connectivity index (χ0v) is 30.8. The minimum Gasteiger partial charge on any atom is -1.00 e. The van der Waals surface area contributed by atoms with Crippen molar-refractivity contribution in [2.45, 2.75) is 41.5 Å². The number of rotatable bonds is 18. The molecular formula is C24H54I3N9. The summed E-state index contributed by atoms with van der Waals surface area (Å²) in [5, 5.41) is 10.3. The maximum Gasteiger partial charge on any atom is 0.229 e. The van der Waals surface area contributed by atoms with E-state index in [1.54, 1.807) is 0 Å². The predicted molar refractivity (Wildman–Crippen MR) is 142 cm³/mol. The number of aromatic nitrogens is 3. The molecule has 0 aliphatic heterocycles. The van der Waals surface area contributed by atoms with E-state index in [-0.39, 0.29) is 71.9 Å². The van der Waals surface area contributed by atoms with E-state index in [9.17, 15) is 0 Å². The first-order valence-corrected chi connectivity index (χ1v) is 13.1. The molecule has 12 heteroatoms. The summed E-state index contributed by atoms with van der Waals surface area (Å²) >= 11 is 0. The van der Waals surface area contributed by atoms with Crippen LogP contribution >= 0.6 is 0 Å². The second kappa shape index (κ2) is 20.4. The van der Waals surface area contributed by atoms with E-state index in [4.69, 9.17) is 0 Å². The van der Waals surface area contributed by atoms with Gasteiger partial charge in [0, 0.05) is 0 Å². The number of hydrogen-bond acceptors (Lipinski definition) is 6. The van der Waals surface area contributed by atoms with Crippen LogP contribution in [-0.4, -0.2) is 128 Å². The highest BCUT2D eigenvalue weighted by Gasteiger charge is 2.19. The fourth-order valence-corrected chi connectivity index (χ4v) is 3.55. The fourth-order valence-electron chi connectivity index (χ4n) is 3.55. The van der Waals surface area contributed by atoms with Crippen LogP contribution in [0.2, 0.25) is 0 Å². The number of nitrogens with one attached hydrogen (secondary N) is 3. The summed E-state index contributed by atoms with van der Waals surface area (Å²) in [6.07, 6.45) is 0. The van der Waals surface area contributed by atoms with E-state index in [1.807, 2.05) is 0 Å². The SMILES string of the molecule is CC[N+](C)(CC)CCNc1nc(NCC[N+](C)(CC)CC)nc(NCC[N+](C)(CC)CC)n1.[I-].[I-].[I-]. The van der Waals surface area contributed by atoms with Gasteiger partial charge in [0.1, 0.15) is 0 Å². The normalized spacial score (nSPS) is 11.6. The first kappa shape index (κ1) is 41.0. The van der Waals surface area contributed by atoms with Crippen molar-refractivity contribution in [3.63, 3.8) is 0 Å². The van der Waals surface area contributed by atoms with E-state index in [0.717, 1.165) is 92.0 Å². The Balaban J connectivity index is -0.00000363. The van der Waals surface area contributed by atoms with Crippen LogP contribution in [0.25, 0.3) is 0 Å². The van der Waals surface area contributed by atoms with Gasteiger partial charge >= 0.3 is 0 Å². The maximum absolute atomic E-state index is 4.66. The largest absolute Gasteiger partial charge is 1.00 e. The smallest absolute Gasteiger partial charge is 0.229 e. The van der Waals surface area contributed by atoms with Gasteiger partial charge in [-0.1, -0.05) is 0 Å². The van der Waals surface area contributed by atoms with Gasteiger partial charge in [-0.25, -0.2) is 0 Å². The van der Waals surface area contributed by atoms with Crippen molar-refractivity contribution in [2.75, 3.05) is 116 Å². The van der Waals surface area contributed by atoms with E-state index in [0.29, 0.717) is 17.8 Å². The molecule has 1 rings (SSSR count). The second-order valence-electron chi connectivity index (χ2n) is 10.0. The summed E-state index contributed by atoms with van der Waals surface area (Å²) < 4.78 is 3.09. The lowest BCUT2D eigenvalue weighted by molar-refractivity contribution is -0.904. The van der Waals surface area contributed by atoms with Crippen LogP contribution in [0.1, 0.15) is 41.5 Å². The third-order valence-corrected chi connectivity index (χ3v) is 8.02. The molecule has 0 radical (unpaired) electrons. The van der Waals surface area contributed by atoms with Gasteiger partial charge in [-0.2, -0.15) is 15.0 Å². The number of quaternary nitrogens is 3. The van der Waals surface area contributed by atoms with Crippen LogP contribution < -0.4 is 87.9 Å². The molecule has 0 unspecified atom stereocenters. The molecule has 36 heavy (non-hydrogen) atoms. The number of hydrogen-bond donors (Lipinski definition) is 3. The average molecular weight is 849 g/mol. The van der Waals surface area contributed by atoms with E-state index in [1.165, 1.54) is 0 Å². The maximum atomic E-state index is 4.66. The number of anilines is 3. The number of likely N-dealkylation sites (N-methyl/N-ethyl adjacent to an activating group) is 3. The van der Waals surface area contributed by atoms with Crippen LogP contribution in [0.15, 0.2) is 0 Å². The van der Waals surface area contributed by atoms with Crippen LogP contribution in [0.3, 0.4) is 0 Å². The lowest BCUT2D eigenvalue weighted by Crippen LogP contribution is -3.00. The van der Waals surface area contributed by atoms with Crippen LogP contribution in [0, 0.1) is 0 Å². The Hall–Kier alpha value is 0.480. The molecule has 0 bridgehead atoms. The standard InChI is InChI=1S/C24H54N9.3HI/c1-10-31(7,11-2)19-16-25-22-28-23(26-17-20-32(8,12-3)13-4)30-24(29-22)27-18-21-33(9,14-5)15-6;;;/h10-21H2,1-9H3,(H3,25,26,27,28,29,30);3*1H/q+3;;;/p-3. The Bertz CT molecular complexity index is 580. The molecule has 0 spiro atoms. The van der Waals surface area contributed by atoms with E-state index < -0.39 is 0 Å². The Morgan fingerprint density at radius 2 is 0.639 bits per heavy atom. The monoisotopic (exact) mass is 849 g/mol. The minimum atomic E-state index is 0. The molecule has 0 saturated heterocycles. The number of nitrogens with zero attached hydrogens (tertiary/aromatic N) is 6. The first-order chi connectivity index (χ1) is 15.6. The topological polar surface area (TPSA) is 74.8 Å². The van der Waals surface area contributed by atoms with Crippen molar-refractivity contribution < 1.29 is 85.4 Å². The predicted octanol–water partition coefficient (Wildman–Crippen LogP) is -6.42. The van der Waals surface area contributed by atoms with Crippen molar-refractivity contribution in [1.29, 1.82) is 0 Å². The highest BCUT2D eigenvalue weighted by atomic mass is 127. The molecule has 9 nitrogen and oxygen atoms in total. The highest BCUT2D eigenvalue weighted by molar-refractivity contribution is 5.42. The van der Waals surface area contributed by atoms with Crippen LogP contribution in [0.4, 0.5) is 17.8 Å². The summed E-state index contributed by atoms with van der Waals surface area (Å²) in [5.74, 6) is 1.92. The van der Waals surface area contributed by atoms with Gasteiger partial charge in [-0.05, 0) is 41.5 Å². The van der Waals surface area contributed by atoms with Gasteiger partial charge in [0.2, 0.25) is 17.8 Å². The highest BCUT2D eigenvalue weighted by Crippen LogP contribution is 2.11. The van der Waals surface area contributed by atoms with E-state index in [2.05, 4.69) is 93.6 Å². The van der Waals surface area contributed by atoms with Gasteiger partial charge in [-0.15, -0.1) is 0 Å².